The number of nitrogens with zero attached hydrogens (tertiary/aromatic N) is 1. The Hall–Kier alpha value is -2.03. The molecule has 2 N–H and O–H groups in total. The fourth-order valence-corrected chi connectivity index (χ4v) is 3.05. The summed E-state index contributed by atoms with van der Waals surface area (Å²) < 4.78 is 25.0. The number of hydrogen-bond acceptors (Lipinski definition) is 3. The van der Waals surface area contributed by atoms with Gasteiger partial charge in [-0.1, -0.05) is 24.3 Å². The van der Waals surface area contributed by atoms with E-state index in [1.54, 1.807) is 13.1 Å². The molecule has 0 aromatic heterocycles. The molecule has 1 unspecified atom stereocenters. The van der Waals surface area contributed by atoms with Crippen molar-refractivity contribution in [3.8, 4) is 11.5 Å². The minimum atomic E-state index is -0.376. The van der Waals surface area contributed by atoms with Crippen LogP contribution < -0.4 is 20.1 Å². The summed E-state index contributed by atoms with van der Waals surface area (Å²) in [6, 6.07) is 12.9. The fourth-order valence-electron chi connectivity index (χ4n) is 3.05. The summed E-state index contributed by atoms with van der Waals surface area (Å²) in [6.07, 6.45) is 3.83. The van der Waals surface area contributed by atoms with E-state index in [-0.39, 0.29) is 41.6 Å². The highest BCUT2D eigenvalue weighted by Crippen LogP contribution is 2.27. The summed E-state index contributed by atoms with van der Waals surface area (Å²) >= 11 is 0. The second-order valence-electron chi connectivity index (χ2n) is 6.96. The Morgan fingerprint density at radius 1 is 1.21 bits per heavy atom. The van der Waals surface area contributed by atoms with Crippen molar-refractivity contribution in [1.29, 1.82) is 0 Å². The maximum atomic E-state index is 14.0. The standard InChI is InChI=1S/C22H28FN3O2.HI/c1-15(16-11-12-21(27-3)19(23)13-16)26-22(24-2)25-14-17-7-4-5-10-20(17)28-18-8-6-9-18;/h4-5,7,10-13,15,18H,6,8-9,14H2,1-3H3,(H2,24,25,26);1H. The maximum Gasteiger partial charge on any atom is 0.191 e. The van der Waals surface area contributed by atoms with Crippen LogP contribution in [0, 0.1) is 5.82 Å². The summed E-state index contributed by atoms with van der Waals surface area (Å²) in [6.45, 7) is 2.55. The predicted octanol–water partition coefficient (Wildman–Crippen LogP) is 4.81. The predicted molar refractivity (Wildman–Crippen MR) is 125 cm³/mol. The first-order chi connectivity index (χ1) is 13.6. The molecule has 0 saturated heterocycles. The van der Waals surface area contributed by atoms with Crippen LogP contribution in [0.1, 0.15) is 43.4 Å². The van der Waals surface area contributed by atoms with E-state index in [0.717, 1.165) is 29.7 Å². The van der Waals surface area contributed by atoms with Crippen LogP contribution in [-0.2, 0) is 6.54 Å². The summed E-state index contributed by atoms with van der Waals surface area (Å²) in [5.41, 5.74) is 1.90. The van der Waals surface area contributed by atoms with Gasteiger partial charge in [-0.05, 0) is 49.9 Å². The van der Waals surface area contributed by atoms with Gasteiger partial charge in [0.15, 0.2) is 17.5 Å². The number of rotatable bonds is 7. The van der Waals surface area contributed by atoms with Crippen molar-refractivity contribution in [3.05, 3.63) is 59.4 Å². The Labute approximate surface area is 189 Å². The first kappa shape index (κ1) is 23.3. The van der Waals surface area contributed by atoms with Gasteiger partial charge in [-0.25, -0.2) is 4.39 Å². The van der Waals surface area contributed by atoms with Gasteiger partial charge in [0, 0.05) is 19.2 Å². The van der Waals surface area contributed by atoms with E-state index in [4.69, 9.17) is 9.47 Å². The first-order valence-electron chi connectivity index (χ1n) is 9.66. The van der Waals surface area contributed by atoms with Crippen LogP contribution >= 0.6 is 24.0 Å². The Bertz CT molecular complexity index is 827. The van der Waals surface area contributed by atoms with Crippen molar-refractivity contribution < 1.29 is 13.9 Å². The van der Waals surface area contributed by atoms with Crippen molar-refractivity contribution in [2.75, 3.05) is 14.2 Å². The second-order valence-corrected chi connectivity index (χ2v) is 6.96. The number of para-hydroxylation sites is 1. The van der Waals surface area contributed by atoms with E-state index in [9.17, 15) is 4.39 Å². The lowest BCUT2D eigenvalue weighted by Gasteiger charge is -2.27. The van der Waals surface area contributed by atoms with Gasteiger partial charge >= 0.3 is 0 Å². The topological polar surface area (TPSA) is 54.9 Å². The van der Waals surface area contributed by atoms with Gasteiger partial charge in [0.25, 0.3) is 0 Å². The lowest BCUT2D eigenvalue weighted by Crippen LogP contribution is -2.38. The van der Waals surface area contributed by atoms with Gasteiger partial charge in [-0.2, -0.15) is 0 Å². The highest BCUT2D eigenvalue weighted by Gasteiger charge is 2.20. The molecule has 1 aliphatic carbocycles. The lowest BCUT2D eigenvalue weighted by atomic mass is 9.96. The van der Waals surface area contributed by atoms with Gasteiger partial charge in [0.05, 0.1) is 19.3 Å². The second kappa shape index (κ2) is 11.2. The third-order valence-corrected chi connectivity index (χ3v) is 5.02. The molecular formula is C22H29FIN3O2. The molecule has 5 nitrogen and oxygen atoms in total. The van der Waals surface area contributed by atoms with Crippen LogP contribution in [0.5, 0.6) is 11.5 Å². The normalized spacial score (nSPS) is 15.0. The number of nitrogens with one attached hydrogen (secondary N) is 2. The van der Waals surface area contributed by atoms with Crippen LogP contribution in [0.3, 0.4) is 0 Å². The van der Waals surface area contributed by atoms with Gasteiger partial charge < -0.3 is 20.1 Å². The fraction of sp³-hybridized carbons (Fsp3) is 0.409. The van der Waals surface area contributed by atoms with Crippen LogP contribution in [0.4, 0.5) is 4.39 Å². The van der Waals surface area contributed by atoms with Gasteiger partial charge in [-0.15, -0.1) is 24.0 Å². The van der Waals surface area contributed by atoms with Crippen molar-refractivity contribution in [1.82, 2.24) is 10.6 Å². The van der Waals surface area contributed by atoms with Crippen LogP contribution in [0.2, 0.25) is 0 Å². The molecule has 158 valence electrons. The number of aliphatic imine (C=N–C) groups is 1. The van der Waals surface area contributed by atoms with E-state index in [1.807, 2.05) is 31.2 Å². The molecule has 1 atom stereocenters. The Balaban J connectivity index is 0.00000300. The lowest BCUT2D eigenvalue weighted by molar-refractivity contribution is 0.119. The number of benzene rings is 2. The van der Waals surface area contributed by atoms with Crippen LogP contribution in [0.15, 0.2) is 47.5 Å². The van der Waals surface area contributed by atoms with Crippen molar-refractivity contribution in [2.45, 2.75) is 44.9 Å². The van der Waals surface area contributed by atoms with Crippen molar-refractivity contribution >= 4 is 29.9 Å². The highest BCUT2D eigenvalue weighted by molar-refractivity contribution is 14.0. The molecule has 2 aromatic carbocycles. The quantitative estimate of drug-likeness (QED) is 0.317. The zero-order valence-corrected chi connectivity index (χ0v) is 19.4. The Morgan fingerprint density at radius 3 is 2.59 bits per heavy atom. The third-order valence-electron chi connectivity index (χ3n) is 5.02. The van der Waals surface area contributed by atoms with Gasteiger partial charge in [0.1, 0.15) is 5.75 Å². The van der Waals surface area contributed by atoms with E-state index in [2.05, 4.69) is 21.7 Å². The Morgan fingerprint density at radius 2 is 1.97 bits per heavy atom. The van der Waals surface area contributed by atoms with E-state index in [1.165, 1.54) is 19.6 Å². The molecular weight excluding hydrogens is 484 g/mol. The van der Waals surface area contributed by atoms with Crippen molar-refractivity contribution in [3.63, 3.8) is 0 Å². The molecule has 0 bridgehead atoms. The monoisotopic (exact) mass is 513 g/mol. The minimum Gasteiger partial charge on any atom is -0.494 e. The minimum absolute atomic E-state index is 0. The average Bonchev–Trinajstić information content (AvgIpc) is 2.68. The molecule has 0 heterocycles. The van der Waals surface area contributed by atoms with Crippen LogP contribution in [0.25, 0.3) is 0 Å². The van der Waals surface area contributed by atoms with E-state index >= 15 is 0 Å². The zero-order valence-electron chi connectivity index (χ0n) is 17.1. The molecule has 7 heteroatoms. The Kier molecular flexibility index (Phi) is 9.00. The number of halogens is 2. The number of guanidine groups is 1. The number of methoxy groups -OCH3 is 1. The summed E-state index contributed by atoms with van der Waals surface area (Å²) in [7, 11) is 3.17. The summed E-state index contributed by atoms with van der Waals surface area (Å²) in [5.74, 6) is 1.42. The molecule has 0 amide bonds. The average molecular weight is 513 g/mol. The molecule has 1 fully saturated rings. The maximum absolute atomic E-state index is 14.0. The summed E-state index contributed by atoms with van der Waals surface area (Å²) in [5, 5.41) is 6.60. The number of ether oxygens (including phenoxy) is 2. The molecule has 3 rings (SSSR count). The molecule has 1 aliphatic rings. The molecule has 2 aromatic rings. The first-order valence-corrected chi connectivity index (χ1v) is 9.66. The van der Waals surface area contributed by atoms with Gasteiger partial charge in [-0.3, -0.25) is 4.99 Å². The van der Waals surface area contributed by atoms with Crippen LogP contribution in [-0.4, -0.2) is 26.2 Å². The molecule has 29 heavy (non-hydrogen) atoms. The van der Waals surface area contributed by atoms with E-state index in [0.29, 0.717) is 18.6 Å². The van der Waals surface area contributed by atoms with E-state index < -0.39 is 0 Å². The molecule has 0 radical (unpaired) electrons. The van der Waals surface area contributed by atoms with Crippen molar-refractivity contribution in [2.24, 2.45) is 4.99 Å². The van der Waals surface area contributed by atoms with Gasteiger partial charge in [0.2, 0.25) is 0 Å². The molecule has 1 saturated carbocycles. The largest absolute Gasteiger partial charge is 0.494 e. The number of hydrogen-bond donors (Lipinski definition) is 2. The molecule has 0 spiro atoms. The SMILES string of the molecule is CN=C(NCc1ccccc1OC1CCC1)NC(C)c1ccc(OC)c(F)c1.I. The zero-order chi connectivity index (χ0) is 19.9. The third kappa shape index (κ3) is 6.22. The highest BCUT2D eigenvalue weighted by atomic mass is 127. The molecule has 0 aliphatic heterocycles. The smallest absolute Gasteiger partial charge is 0.191 e. The summed E-state index contributed by atoms with van der Waals surface area (Å²) in [4.78, 5) is 4.28.